The molecule has 0 bridgehead atoms. The average Bonchev–Trinajstić information content (AvgIpc) is 2.28. The predicted octanol–water partition coefficient (Wildman–Crippen LogP) is 2.24. The van der Waals surface area contributed by atoms with Gasteiger partial charge in [0.25, 0.3) is 5.56 Å². The zero-order valence-electron chi connectivity index (χ0n) is 8.79. The Bertz CT molecular complexity index is 620. The van der Waals surface area contributed by atoms with Gasteiger partial charge in [0, 0.05) is 5.56 Å². The zero-order chi connectivity index (χ0) is 12.6. The normalized spacial score (nSPS) is 10.5. The van der Waals surface area contributed by atoms with Gasteiger partial charge >= 0.3 is 0 Å². The number of aryl methyl sites for hydroxylation is 1. The fourth-order valence-electron chi connectivity index (χ4n) is 1.50. The summed E-state index contributed by atoms with van der Waals surface area (Å²) in [5.41, 5.74) is -0.835. The third-order valence-electron chi connectivity index (χ3n) is 2.34. The van der Waals surface area contributed by atoms with Crippen LogP contribution in [-0.2, 0) is 0 Å². The summed E-state index contributed by atoms with van der Waals surface area (Å²) in [7, 11) is 0. The summed E-state index contributed by atoms with van der Waals surface area (Å²) in [5, 5.41) is 15.6. The van der Waals surface area contributed by atoms with Gasteiger partial charge in [-0.15, -0.1) is 0 Å². The van der Waals surface area contributed by atoms with Crippen LogP contribution in [0.25, 0.3) is 11.1 Å². The minimum Gasteiger partial charge on any atom is -0.505 e. The molecule has 0 atom stereocenters. The Kier molecular flexibility index (Phi) is 2.85. The molecule has 2 aromatic rings. The molecule has 0 saturated heterocycles. The molecular weight excluding hydrogens is 247 g/mol. The van der Waals surface area contributed by atoms with Crippen LogP contribution < -0.4 is 5.56 Å². The molecule has 6 heteroatoms. The number of halogens is 2. The van der Waals surface area contributed by atoms with Gasteiger partial charge in [0.05, 0.1) is 10.6 Å². The lowest BCUT2D eigenvalue weighted by molar-refractivity contribution is 0.465. The van der Waals surface area contributed by atoms with Crippen molar-refractivity contribution in [3.63, 3.8) is 0 Å². The number of hydrogen-bond acceptors (Lipinski definition) is 3. The second kappa shape index (κ2) is 4.18. The van der Waals surface area contributed by atoms with E-state index in [1.54, 1.807) is 0 Å². The molecule has 0 radical (unpaired) electrons. The van der Waals surface area contributed by atoms with Crippen LogP contribution in [0.15, 0.2) is 23.0 Å². The molecule has 0 amide bonds. The third kappa shape index (κ3) is 1.89. The quantitative estimate of drug-likeness (QED) is 0.820. The Morgan fingerprint density at radius 1 is 1.41 bits per heavy atom. The lowest BCUT2D eigenvalue weighted by atomic mass is 10.1. The number of nitrogens with zero attached hydrogens (tertiary/aromatic N) is 1. The summed E-state index contributed by atoms with van der Waals surface area (Å²) in [6.45, 7) is 1.49. The molecule has 1 heterocycles. The van der Waals surface area contributed by atoms with Crippen LogP contribution in [0.1, 0.15) is 5.69 Å². The fourth-order valence-corrected chi connectivity index (χ4v) is 1.76. The topological polar surface area (TPSA) is 66.0 Å². The van der Waals surface area contributed by atoms with Crippen LogP contribution in [0.2, 0.25) is 5.02 Å². The van der Waals surface area contributed by atoms with Crippen molar-refractivity contribution in [2.75, 3.05) is 0 Å². The molecule has 0 unspecified atom stereocenters. The highest BCUT2D eigenvalue weighted by molar-refractivity contribution is 6.33. The molecule has 17 heavy (non-hydrogen) atoms. The number of aromatic amines is 1. The second-order valence-electron chi connectivity index (χ2n) is 3.46. The van der Waals surface area contributed by atoms with Crippen LogP contribution in [0, 0.1) is 12.7 Å². The molecule has 1 aromatic carbocycles. The molecule has 1 aromatic heterocycles. The van der Waals surface area contributed by atoms with Gasteiger partial charge < -0.3 is 5.11 Å². The summed E-state index contributed by atoms with van der Waals surface area (Å²) in [6, 6.07) is 4.02. The average molecular weight is 255 g/mol. The van der Waals surface area contributed by atoms with Crippen LogP contribution in [0.5, 0.6) is 5.75 Å². The molecule has 4 nitrogen and oxygen atoms in total. The van der Waals surface area contributed by atoms with E-state index >= 15 is 0 Å². The molecule has 0 saturated carbocycles. The number of aromatic hydroxyl groups is 1. The van der Waals surface area contributed by atoms with Crippen molar-refractivity contribution < 1.29 is 9.50 Å². The first-order valence-electron chi connectivity index (χ1n) is 4.75. The Morgan fingerprint density at radius 2 is 2.12 bits per heavy atom. The van der Waals surface area contributed by atoms with Crippen molar-refractivity contribution in [2.24, 2.45) is 0 Å². The molecule has 2 N–H and O–H groups in total. The van der Waals surface area contributed by atoms with E-state index in [9.17, 15) is 14.3 Å². The Hall–Kier alpha value is -1.88. The van der Waals surface area contributed by atoms with Gasteiger partial charge in [-0.25, -0.2) is 9.49 Å². The van der Waals surface area contributed by atoms with Crippen molar-refractivity contribution in [1.82, 2.24) is 10.2 Å². The van der Waals surface area contributed by atoms with E-state index in [2.05, 4.69) is 10.2 Å². The van der Waals surface area contributed by atoms with E-state index in [0.29, 0.717) is 0 Å². The molecule has 2 rings (SSSR count). The monoisotopic (exact) mass is 254 g/mol. The third-order valence-corrected chi connectivity index (χ3v) is 2.66. The Balaban J connectivity index is 2.87. The first-order valence-corrected chi connectivity index (χ1v) is 5.12. The molecule has 0 spiro atoms. The van der Waals surface area contributed by atoms with Crippen LogP contribution in [0.3, 0.4) is 0 Å². The fraction of sp³-hybridized carbons (Fsp3) is 0.0909. The standard InChI is InChI=1S/C11H8ClFN2O2/c1-5-10(16)9(11(17)15-14-5)8-6(12)3-2-4-7(8)13/h2-4H,1H3,(H2,15,16,17). The molecule has 0 aliphatic carbocycles. The number of rotatable bonds is 1. The second-order valence-corrected chi connectivity index (χ2v) is 3.87. The number of hydrogen-bond donors (Lipinski definition) is 2. The van der Waals surface area contributed by atoms with Crippen molar-refractivity contribution in [2.45, 2.75) is 6.92 Å². The minimum atomic E-state index is -0.694. The first kappa shape index (κ1) is 11.6. The lowest BCUT2D eigenvalue weighted by Gasteiger charge is -2.08. The van der Waals surface area contributed by atoms with Crippen LogP contribution in [-0.4, -0.2) is 15.3 Å². The number of aromatic nitrogens is 2. The number of benzene rings is 1. The predicted molar refractivity (Wildman–Crippen MR) is 61.7 cm³/mol. The van der Waals surface area contributed by atoms with Crippen molar-refractivity contribution >= 4 is 11.6 Å². The number of H-pyrrole nitrogens is 1. The maximum absolute atomic E-state index is 13.7. The smallest absolute Gasteiger partial charge is 0.275 e. The highest BCUT2D eigenvalue weighted by Gasteiger charge is 2.19. The molecule has 0 aliphatic heterocycles. The van der Waals surface area contributed by atoms with E-state index in [0.717, 1.165) is 6.07 Å². The first-order chi connectivity index (χ1) is 8.02. The Labute approximate surface area is 101 Å². The summed E-state index contributed by atoms with van der Waals surface area (Å²) >= 11 is 5.84. The molecular formula is C11H8ClFN2O2. The van der Waals surface area contributed by atoms with E-state index in [4.69, 9.17) is 11.6 Å². The van der Waals surface area contributed by atoms with Crippen LogP contribution in [0.4, 0.5) is 4.39 Å². The summed E-state index contributed by atoms with van der Waals surface area (Å²) < 4.78 is 13.7. The van der Waals surface area contributed by atoms with E-state index < -0.39 is 11.4 Å². The molecule has 88 valence electrons. The maximum atomic E-state index is 13.7. The van der Waals surface area contributed by atoms with Crippen molar-refractivity contribution in [3.05, 3.63) is 45.1 Å². The van der Waals surface area contributed by atoms with Gasteiger partial charge in [0.15, 0.2) is 5.75 Å². The Morgan fingerprint density at radius 3 is 2.76 bits per heavy atom. The minimum absolute atomic E-state index is 0.0522. The van der Waals surface area contributed by atoms with Crippen molar-refractivity contribution in [1.29, 1.82) is 0 Å². The van der Waals surface area contributed by atoms with Gasteiger partial charge in [0.2, 0.25) is 0 Å². The van der Waals surface area contributed by atoms with Gasteiger partial charge in [-0.2, -0.15) is 5.10 Å². The van der Waals surface area contributed by atoms with Gasteiger partial charge in [-0.1, -0.05) is 17.7 Å². The highest BCUT2D eigenvalue weighted by atomic mass is 35.5. The summed E-state index contributed by atoms with van der Waals surface area (Å²) in [6.07, 6.45) is 0. The lowest BCUT2D eigenvalue weighted by Crippen LogP contribution is -2.13. The highest BCUT2D eigenvalue weighted by Crippen LogP contribution is 2.34. The largest absolute Gasteiger partial charge is 0.505 e. The van der Waals surface area contributed by atoms with E-state index in [1.807, 2.05) is 0 Å². The SMILES string of the molecule is Cc1n[nH]c(=O)c(-c2c(F)cccc2Cl)c1O. The molecule has 0 aliphatic rings. The van der Waals surface area contributed by atoms with Gasteiger partial charge in [0.1, 0.15) is 11.5 Å². The van der Waals surface area contributed by atoms with Gasteiger partial charge in [-0.3, -0.25) is 4.79 Å². The molecule has 0 fully saturated rings. The summed E-state index contributed by atoms with van der Waals surface area (Å²) in [5.74, 6) is -1.05. The van der Waals surface area contributed by atoms with Crippen molar-refractivity contribution in [3.8, 4) is 16.9 Å². The maximum Gasteiger partial charge on any atom is 0.275 e. The van der Waals surface area contributed by atoms with Crippen LogP contribution >= 0.6 is 11.6 Å². The van der Waals surface area contributed by atoms with E-state index in [1.165, 1.54) is 19.1 Å². The van der Waals surface area contributed by atoms with E-state index in [-0.39, 0.29) is 27.6 Å². The van der Waals surface area contributed by atoms with Gasteiger partial charge in [-0.05, 0) is 19.1 Å². The number of nitrogens with one attached hydrogen (secondary N) is 1. The summed E-state index contributed by atoms with van der Waals surface area (Å²) in [4.78, 5) is 11.6. The zero-order valence-corrected chi connectivity index (χ0v) is 9.55.